The van der Waals surface area contributed by atoms with Crippen LogP contribution in [0.4, 0.5) is 0 Å². The van der Waals surface area contributed by atoms with Crippen LogP contribution in [0.15, 0.2) is 6.20 Å². The van der Waals surface area contributed by atoms with E-state index in [2.05, 4.69) is 15.3 Å². The minimum absolute atomic E-state index is 0.674. The van der Waals surface area contributed by atoms with E-state index in [1.165, 1.54) is 37.2 Å². The second kappa shape index (κ2) is 6.01. The Hall–Kier alpha value is -0.870. The number of rotatable bonds is 6. The molecule has 0 bridgehead atoms. The molecule has 0 aliphatic heterocycles. The summed E-state index contributed by atoms with van der Waals surface area (Å²) >= 11 is 0. The molecule has 4 nitrogen and oxygen atoms in total. The molecule has 2 N–H and O–H groups in total. The molecule has 1 aromatic heterocycles. The molecule has 0 saturated heterocycles. The van der Waals surface area contributed by atoms with E-state index in [9.17, 15) is 0 Å². The van der Waals surface area contributed by atoms with Gasteiger partial charge in [0.25, 0.3) is 0 Å². The largest absolute Gasteiger partial charge is 0.383 e. The molecule has 1 fully saturated rings. The van der Waals surface area contributed by atoms with Gasteiger partial charge in [0.15, 0.2) is 0 Å². The molecule has 0 spiro atoms. The topological polar surface area (TPSA) is 49.9 Å². The lowest BCUT2D eigenvalue weighted by Crippen LogP contribution is -2.18. The van der Waals surface area contributed by atoms with Gasteiger partial charge in [0, 0.05) is 38.0 Å². The third-order valence-corrected chi connectivity index (χ3v) is 3.19. The van der Waals surface area contributed by atoms with E-state index in [1.807, 2.05) is 6.20 Å². The minimum atomic E-state index is 0.674. The highest BCUT2D eigenvalue weighted by Crippen LogP contribution is 2.32. The Labute approximate surface area is 96.8 Å². The van der Waals surface area contributed by atoms with E-state index < -0.39 is 0 Å². The first-order chi connectivity index (χ1) is 7.90. The number of hydrogen-bond acceptors (Lipinski definition) is 3. The van der Waals surface area contributed by atoms with Crippen molar-refractivity contribution < 1.29 is 4.74 Å². The Morgan fingerprint density at radius 3 is 3.06 bits per heavy atom. The van der Waals surface area contributed by atoms with Crippen molar-refractivity contribution in [2.45, 2.75) is 38.1 Å². The fourth-order valence-electron chi connectivity index (χ4n) is 2.27. The highest BCUT2D eigenvalue weighted by Gasteiger charge is 2.19. The van der Waals surface area contributed by atoms with E-state index in [1.54, 1.807) is 7.11 Å². The van der Waals surface area contributed by atoms with E-state index in [0.29, 0.717) is 5.92 Å². The SMILES string of the molecule is COCCNCc1cnc(C2CCCC2)[nH]1. The van der Waals surface area contributed by atoms with Gasteiger partial charge in [0.2, 0.25) is 0 Å². The molecule has 1 aliphatic carbocycles. The van der Waals surface area contributed by atoms with Crippen LogP contribution in [-0.4, -0.2) is 30.2 Å². The number of imidazole rings is 1. The van der Waals surface area contributed by atoms with Crippen LogP contribution in [0, 0.1) is 0 Å². The smallest absolute Gasteiger partial charge is 0.109 e. The van der Waals surface area contributed by atoms with Gasteiger partial charge in [-0.3, -0.25) is 0 Å². The van der Waals surface area contributed by atoms with Crippen LogP contribution in [-0.2, 0) is 11.3 Å². The number of nitrogens with one attached hydrogen (secondary N) is 2. The standard InChI is InChI=1S/C12H21N3O/c1-16-7-6-13-8-11-9-14-12(15-11)10-4-2-3-5-10/h9-10,13H,2-8H2,1H3,(H,14,15). The van der Waals surface area contributed by atoms with Crippen LogP contribution in [0.3, 0.4) is 0 Å². The molecule has 0 unspecified atom stereocenters. The van der Waals surface area contributed by atoms with Gasteiger partial charge >= 0.3 is 0 Å². The second-order valence-corrected chi connectivity index (χ2v) is 4.44. The number of H-pyrrole nitrogens is 1. The molecule has 4 heteroatoms. The molecule has 1 heterocycles. The van der Waals surface area contributed by atoms with Crippen molar-refractivity contribution in [1.29, 1.82) is 0 Å². The molecule has 0 atom stereocenters. The maximum Gasteiger partial charge on any atom is 0.109 e. The number of aromatic nitrogens is 2. The average molecular weight is 223 g/mol. The Kier molecular flexibility index (Phi) is 4.36. The summed E-state index contributed by atoms with van der Waals surface area (Å²) in [6, 6.07) is 0. The lowest BCUT2D eigenvalue weighted by molar-refractivity contribution is 0.199. The molecule has 1 aromatic rings. The van der Waals surface area contributed by atoms with Gasteiger partial charge in [0.1, 0.15) is 5.82 Å². The average Bonchev–Trinajstić information content (AvgIpc) is 2.94. The third kappa shape index (κ3) is 3.06. The van der Waals surface area contributed by atoms with Crippen molar-refractivity contribution in [2.24, 2.45) is 0 Å². The Morgan fingerprint density at radius 1 is 1.50 bits per heavy atom. The Balaban J connectivity index is 1.77. The minimum Gasteiger partial charge on any atom is -0.383 e. The highest BCUT2D eigenvalue weighted by molar-refractivity contribution is 5.06. The number of nitrogens with zero attached hydrogens (tertiary/aromatic N) is 1. The number of methoxy groups -OCH3 is 1. The van der Waals surface area contributed by atoms with Crippen molar-refractivity contribution in [3.05, 3.63) is 17.7 Å². The molecule has 1 saturated carbocycles. The monoisotopic (exact) mass is 223 g/mol. The second-order valence-electron chi connectivity index (χ2n) is 4.44. The van der Waals surface area contributed by atoms with E-state index >= 15 is 0 Å². The van der Waals surface area contributed by atoms with Gasteiger partial charge in [-0.05, 0) is 12.8 Å². The molecule has 0 aromatic carbocycles. The van der Waals surface area contributed by atoms with Gasteiger partial charge < -0.3 is 15.0 Å². The normalized spacial score (nSPS) is 17.1. The lowest BCUT2D eigenvalue weighted by atomic mass is 10.1. The summed E-state index contributed by atoms with van der Waals surface area (Å²) in [5.74, 6) is 1.86. The number of ether oxygens (including phenoxy) is 1. The first-order valence-corrected chi connectivity index (χ1v) is 6.13. The number of hydrogen-bond donors (Lipinski definition) is 2. The maximum absolute atomic E-state index is 4.98. The predicted octanol–water partition coefficient (Wildman–Crippen LogP) is 1.80. The van der Waals surface area contributed by atoms with Crippen LogP contribution in [0.25, 0.3) is 0 Å². The maximum atomic E-state index is 4.98. The van der Waals surface area contributed by atoms with Gasteiger partial charge in [-0.15, -0.1) is 0 Å². The Morgan fingerprint density at radius 2 is 2.31 bits per heavy atom. The molecule has 90 valence electrons. The van der Waals surface area contributed by atoms with Gasteiger partial charge in [-0.25, -0.2) is 4.98 Å². The molecule has 0 radical (unpaired) electrons. The summed E-state index contributed by atoms with van der Waals surface area (Å²) in [7, 11) is 1.72. The predicted molar refractivity (Wildman–Crippen MR) is 63.4 cm³/mol. The van der Waals surface area contributed by atoms with E-state index in [0.717, 1.165) is 19.7 Å². The molecule has 2 rings (SSSR count). The van der Waals surface area contributed by atoms with Gasteiger partial charge in [0.05, 0.1) is 6.61 Å². The van der Waals surface area contributed by atoms with Crippen LogP contribution < -0.4 is 5.32 Å². The summed E-state index contributed by atoms with van der Waals surface area (Å²) in [5.41, 5.74) is 1.18. The zero-order chi connectivity index (χ0) is 11.2. The summed E-state index contributed by atoms with van der Waals surface area (Å²) in [5, 5.41) is 3.31. The Bertz CT molecular complexity index is 305. The van der Waals surface area contributed by atoms with Crippen molar-refractivity contribution >= 4 is 0 Å². The van der Waals surface area contributed by atoms with Crippen molar-refractivity contribution in [3.63, 3.8) is 0 Å². The van der Waals surface area contributed by atoms with Crippen molar-refractivity contribution in [2.75, 3.05) is 20.3 Å². The molecule has 16 heavy (non-hydrogen) atoms. The molecule has 0 amide bonds. The summed E-state index contributed by atoms with van der Waals surface area (Å²) < 4.78 is 4.98. The summed E-state index contributed by atoms with van der Waals surface area (Å²) in [6.45, 7) is 2.49. The van der Waals surface area contributed by atoms with Gasteiger partial charge in [-0.2, -0.15) is 0 Å². The summed E-state index contributed by atoms with van der Waals surface area (Å²) in [4.78, 5) is 7.89. The number of aromatic amines is 1. The molecular formula is C12H21N3O. The first-order valence-electron chi connectivity index (χ1n) is 6.13. The zero-order valence-electron chi connectivity index (χ0n) is 9.96. The quantitative estimate of drug-likeness (QED) is 0.723. The zero-order valence-corrected chi connectivity index (χ0v) is 9.96. The lowest BCUT2D eigenvalue weighted by Gasteiger charge is -2.04. The fourth-order valence-corrected chi connectivity index (χ4v) is 2.27. The molecule has 1 aliphatic rings. The first kappa shape index (κ1) is 11.6. The fraction of sp³-hybridized carbons (Fsp3) is 0.750. The third-order valence-electron chi connectivity index (χ3n) is 3.19. The highest BCUT2D eigenvalue weighted by atomic mass is 16.5. The van der Waals surface area contributed by atoms with Crippen molar-refractivity contribution in [3.8, 4) is 0 Å². The van der Waals surface area contributed by atoms with Crippen LogP contribution in [0.5, 0.6) is 0 Å². The van der Waals surface area contributed by atoms with Crippen LogP contribution >= 0.6 is 0 Å². The van der Waals surface area contributed by atoms with Crippen LogP contribution in [0.2, 0.25) is 0 Å². The van der Waals surface area contributed by atoms with Crippen LogP contribution in [0.1, 0.15) is 43.1 Å². The van der Waals surface area contributed by atoms with Crippen molar-refractivity contribution in [1.82, 2.24) is 15.3 Å². The van der Waals surface area contributed by atoms with E-state index in [-0.39, 0.29) is 0 Å². The van der Waals surface area contributed by atoms with Gasteiger partial charge in [-0.1, -0.05) is 12.8 Å². The summed E-state index contributed by atoms with van der Waals surface area (Å²) in [6.07, 6.45) is 7.25. The molecular weight excluding hydrogens is 202 g/mol. The van der Waals surface area contributed by atoms with E-state index in [4.69, 9.17) is 4.74 Å².